The lowest BCUT2D eigenvalue weighted by atomic mass is 9.95. The molecule has 0 unspecified atom stereocenters. The largest absolute Gasteiger partial charge is 0.488 e. The molecule has 3 aromatic rings. The Balaban J connectivity index is 1.98. The van der Waals surface area contributed by atoms with Crippen LogP contribution in [-0.2, 0) is 28.7 Å². The highest BCUT2D eigenvalue weighted by atomic mass is 19.4. The lowest BCUT2D eigenvalue weighted by molar-refractivity contribution is -0.142. The van der Waals surface area contributed by atoms with E-state index in [1.807, 2.05) is 30.3 Å². The van der Waals surface area contributed by atoms with E-state index in [2.05, 4.69) is 0 Å². The van der Waals surface area contributed by atoms with Crippen LogP contribution in [0.25, 0.3) is 11.1 Å². The second-order valence-corrected chi connectivity index (χ2v) is 7.11. The highest BCUT2D eigenvalue weighted by Gasteiger charge is 2.30. The minimum absolute atomic E-state index is 0.0689. The van der Waals surface area contributed by atoms with Gasteiger partial charge >= 0.3 is 12.1 Å². The Morgan fingerprint density at radius 2 is 1.65 bits per heavy atom. The Morgan fingerprint density at radius 1 is 0.903 bits per heavy atom. The third kappa shape index (κ3) is 5.87. The summed E-state index contributed by atoms with van der Waals surface area (Å²) in [4.78, 5) is 11.9. The van der Waals surface area contributed by atoms with Crippen molar-refractivity contribution in [2.45, 2.75) is 33.1 Å². The molecule has 0 saturated carbocycles. The van der Waals surface area contributed by atoms with E-state index in [9.17, 15) is 18.0 Å². The number of carbonyl (C=O) groups is 1. The summed E-state index contributed by atoms with van der Waals surface area (Å²) >= 11 is 0. The SMILES string of the molecule is CCOC(=O)Cc1ccc(OCc2ccccc2)c(-c2ccc(C(F)(F)F)cc2C)c1. The second-order valence-electron chi connectivity index (χ2n) is 7.11. The van der Waals surface area contributed by atoms with Gasteiger partial charge in [0.25, 0.3) is 0 Å². The van der Waals surface area contributed by atoms with Crippen LogP contribution in [0, 0.1) is 6.92 Å². The summed E-state index contributed by atoms with van der Waals surface area (Å²) in [5, 5.41) is 0. The predicted molar refractivity (Wildman–Crippen MR) is 113 cm³/mol. The smallest absolute Gasteiger partial charge is 0.416 e. The fourth-order valence-corrected chi connectivity index (χ4v) is 3.28. The van der Waals surface area contributed by atoms with Crippen molar-refractivity contribution in [3.63, 3.8) is 0 Å². The molecule has 0 N–H and O–H groups in total. The Bertz CT molecular complexity index is 1040. The molecule has 0 atom stereocenters. The third-order valence-corrected chi connectivity index (χ3v) is 4.78. The molecule has 3 rings (SSSR count). The van der Waals surface area contributed by atoms with Crippen molar-refractivity contribution in [3.05, 3.63) is 89.0 Å². The van der Waals surface area contributed by atoms with Gasteiger partial charge in [-0.1, -0.05) is 42.5 Å². The first-order valence-electron chi connectivity index (χ1n) is 9.91. The van der Waals surface area contributed by atoms with Gasteiger partial charge < -0.3 is 9.47 Å². The molecule has 0 fully saturated rings. The molecule has 0 bridgehead atoms. The highest BCUT2D eigenvalue weighted by molar-refractivity contribution is 5.77. The Hall–Kier alpha value is -3.28. The maximum atomic E-state index is 13.1. The zero-order valence-corrected chi connectivity index (χ0v) is 17.3. The van der Waals surface area contributed by atoms with Crippen molar-refractivity contribution in [2.75, 3.05) is 6.61 Å². The second kappa shape index (κ2) is 9.69. The quantitative estimate of drug-likeness (QED) is 0.411. The summed E-state index contributed by atoms with van der Waals surface area (Å²) in [7, 11) is 0. The zero-order valence-electron chi connectivity index (χ0n) is 17.3. The normalized spacial score (nSPS) is 11.3. The van der Waals surface area contributed by atoms with E-state index in [-0.39, 0.29) is 19.0 Å². The lowest BCUT2D eigenvalue weighted by Crippen LogP contribution is -2.08. The van der Waals surface area contributed by atoms with Gasteiger partial charge in [0.05, 0.1) is 18.6 Å². The number of alkyl halides is 3. The summed E-state index contributed by atoms with van der Waals surface area (Å²) in [5.41, 5.74) is 2.66. The minimum Gasteiger partial charge on any atom is -0.488 e. The van der Waals surface area contributed by atoms with Crippen molar-refractivity contribution >= 4 is 5.97 Å². The molecule has 0 spiro atoms. The number of aryl methyl sites for hydroxylation is 1. The number of esters is 1. The maximum Gasteiger partial charge on any atom is 0.416 e. The molecule has 6 heteroatoms. The van der Waals surface area contributed by atoms with Gasteiger partial charge in [-0.05, 0) is 60.4 Å². The van der Waals surface area contributed by atoms with Gasteiger partial charge in [-0.15, -0.1) is 0 Å². The summed E-state index contributed by atoms with van der Waals surface area (Å²) < 4.78 is 50.3. The number of ether oxygens (including phenoxy) is 2. The van der Waals surface area contributed by atoms with E-state index in [1.165, 1.54) is 6.07 Å². The van der Waals surface area contributed by atoms with Crippen molar-refractivity contribution in [1.82, 2.24) is 0 Å². The van der Waals surface area contributed by atoms with Gasteiger partial charge in [0.2, 0.25) is 0 Å². The number of hydrogen-bond acceptors (Lipinski definition) is 3. The molecule has 0 aliphatic heterocycles. The van der Waals surface area contributed by atoms with Crippen LogP contribution in [0.15, 0.2) is 66.7 Å². The van der Waals surface area contributed by atoms with Crippen LogP contribution >= 0.6 is 0 Å². The third-order valence-electron chi connectivity index (χ3n) is 4.78. The number of carbonyl (C=O) groups excluding carboxylic acids is 1. The first-order chi connectivity index (χ1) is 14.8. The van der Waals surface area contributed by atoms with E-state index in [1.54, 1.807) is 32.0 Å². The molecule has 162 valence electrons. The zero-order chi connectivity index (χ0) is 22.4. The van der Waals surface area contributed by atoms with Crippen LogP contribution in [0.5, 0.6) is 5.75 Å². The first-order valence-corrected chi connectivity index (χ1v) is 9.91. The molecule has 3 nitrogen and oxygen atoms in total. The van der Waals surface area contributed by atoms with Crippen LogP contribution in [-0.4, -0.2) is 12.6 Å². The van der Waals surface area contributed by atoms with Crippen molar-refractivity contribution in [1.29, 1.82) is 0 Å². The van der Waals surface area contributed by atoms with Gasteiger partial charge in [0.15, 0.2) is 0 Å². The summed E-state index contributed by atoms with van der Waals surface area (Å²) in [5.74, 6) is 0.162. The van der Waals surface area contributed by atoms with Crippen molar-refractivity contribution in [2.24, 2.45) is 0 Å². The summed E-state index contributed by atoms with van der Waals surface area (Å²) in [6.07, 6.45) is -4.35. The number of benzene rings is 3. The predicted octanol–water partition coefficient (Wildman–Crippen LogP) is 6.37. The molecule has 0 aliphatic rings. The van der Waals surface area contributed by atoms with Crippen LogP contribution < -0.4 is 4.74 Å². The highest BCUT2D eigenvalue weighted by Crippen LogP contribution is 2.37. The molecule has 0 aliphatic carbocycles. The fourth-order valence-electron chi connectivity index (χ4n) is 3.28. The minimum atomic E-state index is -4.41. The molecule has 0 heterocycles. The lowest BCUT2D eigenvalue weighted by Gasteiger charge is -2.16. The van der Waals surface area contributed by atoms with E-state index in [0.29, 0.717) is 34.6 Å². The van der Waals surface area contributed by atoms with Crippen molar-refractivity contribution < 1.29 is 27.4 Å². The van der Waals surface area contributed by atoms with Gasteiger partial charge in [-0.3, -0.25) is 4.79 Å². The summed E-state index contributed by atoms with van der Waals surface area (Å²) in [6, 6.07) is 18.5. The fraction of sp³-hybridized carbons (Fsp3) is 0.240. The van der Waals surface area contributed by atoms with Gasteiger partial charge in [-0.2, -0.15) is 13.2 Å². The molecule has 3 aromatic carbocycles. The van der Waals surface area contributed by atoms with Gasteiger partial charge in [0, 0.05) is 5.56 Å². The molecular formula is C25H23F3O3. The molecule has 0 saturated heterocycles. The van der Waals surface area contributed by atoms with E-state index in [0.717, 1.165) is 17.7 Å². The average Bonchev–Trinajstić information content (AvgIpc) is 2.73. The van der Waals surface area contributed by atoms with Crippen molar-refractivity contribution in [3.8, 4) is 16.9 Å². The Labute approximate surface area is 179 Å². The number of halogens is 3. The Kier molecular flexibility index (Phi) is 7.00. The topological polar surface area (TPSA) is 35.5 Å². The van der Waals surface area contributed by atoms with E-state index < -0.39 is 11.7 Å². The van der Waals surface area contributed by atoms with E-state index in [4.69, 9.17) is 9.47 Å². The monoisotopic (exact) mass is 428 g/mol. The molecule has 31 heavy (non-hydrogen) atoms. The number of hydrogen-bond donors (Lipinski definition) is 0. The van der Waals surface area contributed by atoms with E-state index >= 15 is 0 Å². The maximum absolute atomic E-state index is 13.1. The van der Waals surface area contributed by atoms with Crippen LogP contribution in [0.3, 0.4) is 0 Å². The first kappa shape index (κ1) is 22.4. The Morgan fingerprint density at radius 3 is 2.29 bits per heavy atom. The molecule has 0 radical (unpaired) electrons. The van der Waals surface area contributed by atoms with Gasteiger partial charge in [0.1, 0.15) is 12.4 Å². The van der Waals surface area contributed by atoms with Crippen LogP contribution in [0.4, 0.5) is 13.2 Å². The summed E-state index contributed by atoms with van der Waals surface area (Å²) in [6.45, 7) is 3.95. The molecule has 0 aromatic heterocycles. The van der Waals surface area contributed by atoms with Crippen LogP contribution in [0.2, 0.25) is 0 Å². The number of rotatable bonds is 7. The molecular weight excluding hydrogens is 405 g/mol. The van der Waals surface area contributed by atoms with Crippen LogP contribution in [0.1, 0.15) is 29.2 Å². The standard InChI is InChI=1S/C25H23F3O3/c1-3-30-24(29)15-19-9-12-23(31-16-18-7-5-4-6-8-18)22(14-19)21-11-10-20(13-17(21)2)25(26,27)28/h4-14H,3,15-16H2,1-2H3. The van der Waals surface area contributed by atoms with Gasteiger partial charge in [-0.25, -0.2) is 0 Å². The molecule has 0 amide bonds. The average molecular weight is 428 g/mol.